The van der Waals surface area contributed by atoms with Gasteiger partial charge in [-0.05, 0) is 53.6 Å². The fourth-order valence-electron chi connectivity index (χ4n) is 4.01. The van der Waals surface area contributed by atoms with E-state index in [0.29, 0.717) is 17.0 Å². The van der Waals surface area contributed by atoms with Crippen LogP contribution in [0.15, 0.2) is 41.3 Å². The maximum atomic E-state index is 12.0. The standard InChI is InChI=1S/C18H22N2O2S2/c19-24(21,22)16-6-5-13-3-1-2-4-15(13)17(16)20-12-14-11-18(14)7-9-23-10-8-18/h1-6,14,20H,7-12H2,(H2,19,21,22). The SMILES string of the molecule is NS(=O)(=O)c1ccc2ccccc2c1NCC1CC12CCSCC2. The molecule has 1 aliphatic heterocycles. The number of sulfonamides is 1. The second-order valence-corrected chi connectivity index (χ2v) is 9.72. The summed E-state index contributed by atoms with van der Waals surface area (Å²) < 4.78 is 24.0. The van der Waals surface area contributed by atoms with Crippen molar-refractivity contribution in [3.8, 4) is 0 Å². The van der Waals surface area contributed by atoms with E-state index >= 15 is 0 Å². The number of thioether (sulfide) groups is 1. The van der Waals surface area contributed by atoms with Crippen LogP contribution in [0.1, 0.15) is 19.3 Å². The third kappa shape index (κ3) is 2.91. The molecule has 6 heteroatoms. The van der Waals surface area contributed by atoms with E-state index in [-0.39, 0.29) is 4.90 Å². The van der Waals surface area contributed by atoms with Gasteiger partial charge in [0.1, 0.15) is 4.90 Å². The monoisotopic (exact) mass is 362 g/mol. The maximum Gasteiger partial charge on any atom is 0.240 e. The van der Waals surface area contributed by atoms with Crippen molar-refractivity contribution in [1.29, 1.82) is 0 Å². The Kier molecular flexibility index (Phi) is 4.01. The van der Waals surface area contributed by atoms with Crippen LogP contribution in [-0.4, -0.2) is 26.5 Å². The van der Waals surface area contributed by atoms with Gasteiger partial charge in [-0.15, -0.1) is 0 Å². The van der Waals surface area contributed by atoms with Crippen LogP contribution in [0, 0.1) is 11.3 Å². The molecule has 0 aromatic heterocycles. The number of benzene rings is 2. The molecule has 1 aliphatic carbocycles. The summed E-state index contributed by atoms with van der Waals surface area (Å²) in [6.45, 7) is 0.821. The zero-order valence-corrected chi connectivity index (χ0v) is 15.1. The third-order valence-corrected chi connectivity index (χ3v) is 7.51. The molecule has 2 fully saturated rings. The van der Waals surface area contributed by atoms with Gasteiger partial charge in [0.25, 0.3) is 0 Å². The van der Waals surface area contributed by atoms with Crippen LogP contribution in [0.2, 0.25) is 0 Å². The van der Waals surface area contributed by atoms with E-state index in [1.54, 1.807) is 6.07 Å². The maximum absolute atomic E-state index is 12.0. The smallest absolute Gasteiger partial charge is 0.240 e. The molecule has 0 bridgehead atoms. The number of fused-ring (bicyclic) bond motifs is 1. The van der Waals surface area contributed by atoms with Gasteiger partial charge in [-0.1, -0.05) is 30.3 Å². The third-order valence-electron chi connectivity index (χ3n) is 5.57. The lowest BCUT2D eigenvalue weighted by Gasteiger charge is -2.22. The minimum Gasteiger partial charge on any atom is -0.383 e. The molecular weight excluding hydrogens is 340 g/mol. The normalized spacial score (nSPS) is 22.6. The van der Waals surface area contributed by atoms with Crippen molar-refractivity contribution in [3.63, 3.8) is 0 Å². The Hall–Kier alpha value is -1.24. The summed E-state index contributed by atoms with van der Waals surface area (Å²) in [5.41, 5.74) is 1.16. The van der Waals surface area contributed by atoms with Crippen molar-refractivity contribution in [1.82, 2.24) is 0 Å². The van der Waals surface area contributed by atoms with Crippen molar-refractivity contribution < 1.29 is 8.42 Å². The van der Waals surface area contributed by atoms with Crippen LogP contribution in [0.25, 0.3) is 10.8 Å². The molecule has 2 aromatic carbocycles. The second kappa shape index (κ2) is 5.93. The van der Waals surface area contributed by atoms with E-state index in [2.05, 4.69) is 5.32 Å². The molecule has 2 aliphatic rings. The molecule has 0 amide bonds. The molecule has 1 heterocycles. The molecule has 1 atom stereocenters. The van der Waals surface area contributed by atoms with Gasteiger partial charge < -0.3 is 5.32 Å². The van der Waals surface area contributed by atoms with E-state index in [1.807, 2.05) is 42.1 Å². The summed E-state index contributed by atoms with van der Waals surface area (Å²) in [7, 11) is -3.75. The Morgan fingerprint density at radius 2 is 1.92 bits per heavy atom. The Bertz CT molecular complexity index is 874. The number of nitrogens with one attached hydrogen (secondary N) is 1. The molecule has 4 rings (SSSR count). The first-order valence-electron chi connectivity index (χ1n) is 8.36. The molecule has 0 radical (unpaired) electrons. The van der Waals surface area contributed by atoms with Crippen molar-refractivity contribution in [2.24, 2.45) is 16.5 Å². The quantitative estimate of drug-likeness (QED) is 0.874. The number of anilines is 1. The highest BCUT2D eigenvalue weighted by molar-refractivity contribution is 7.99. The Morgan fingerprint density at radius 1 is 1.17 bits per heavy atom. The molecule has 128 valence electrons. The van der Waals surface area contributed by atoms with Crippen LogP contribution in [0.5, 0.6) is 0 Å². The number of nitrogens with two attached hydrogens (primary N) is 1. The topological polar surface area (TPSA) is 72.2 Å². The molecule has 4 nitrogen and oxygen atoms in total. The minimum absolute atomic E-state index is 0.190. The summed E-state index contributed by atoms with van der Waals surface area (Å²) >= 11 is 2.05. The van der Waals surface area contributed by atoms with Crippen LogP contribution in [-0.2, 0) is 10.0 Å². The number of rotatable bonds is 4. The van der Waals surface area contributed by atoms with Gasteiger partial charge in [-0.2, -0.15) is 11.8 Å². The molecule has 2 aromatic rings. The zero-order valence-electron chi connectivity index (χ0n) is 13.5. The molecule has 24 heavy (non-hydrogen) atoms. The van der Waals surface area contributed by atoms with Crippen LogP contribution in [0.4, 0.5) is 5.69 Å². The first kappa shape index (κ1) is 16.2. The molecule has 3 N–H and O–H groups in total. The highest BCUT2D eigenvalue weighted by Gasteiger charge is 2.53. The number of hydrogen-bond acceptors (Lipinski definition) is 4. The Morgan fingerprint density at radius 3 is 2.67 bits per heavy atom. The summed E-state index contributed by atoms with van der Waals surface area (Å²) in [6, 6.07) is 11.3. The van der Waals surface area contributed by atoms with Crippen LogP contribution in [0.3, 0.4) is 0 Å². The largest absolute Gasteiger partial charge is 0.383 e. The van der Waals surface area contributed by atoms with Crippen molar-refractivity contribution in [2.75, 3.05) is 23.4 Å². The zero-order chi connectivity index (χ0) is 16.8. The van der Waals surface area contributed by atoms with E-state index in [0.717, 1.165) is 17.3 Å². The lowest BCUT2D eigenvalue weighted by Crippen LogP contribution is -2.19. The Balaban J connectivity index is 1.63. The Labute approximate surface area is 147 Å². The van der Waals surface area contributed by atoms with Gasteiger partial charge in [0.2, 0.25) is 10.0 Å². The van der Waals surface area contributed by atoms with Gasteiger partial charge in [0.15, 0.2) is 0 Å². The predicted octanol–water partition coefficient (Wildman–Crippen LogP) is 3.43. The number of primary sulfonamides is 1. The first-order chi connectivity index (χ1) is 11.5. The van der Waals surface area contributed by atoms with Crippen molar-refractivity contribution in [2.45, 2.75) is 24.2 Å². The van der Waals surface area contributed by atoms with Gasteiger partial charge in [-0.25, -0.2) is 13.6 Å². The van der Waals surface area contributed by atoms with E-state index in [1.165, 1.54) is 30.8 Å². The number of hydrogen-bond donors (Lipinski definition) is 2. The van der Waals surface area contributed by atoms with Crippen LogP contribution < -0.4 is 10.5 Å². The second-order valence-electron chi connectivity index (χ2n) is 6.96. The minimum atomic E-state index is -3.75. The predicted molar refractivity (Wildman–Crippen MR) is 101 cm³/mol. The highest BCUT2D eigenvalue weighted by atomic mass is 32.2. The van der Waals surface area contributed by atoms with E-state index < -0.39 is 10.0 Å². The highest BCUT2D eigenvalue weighted by Crippen LogP contribution is 2.60. The van der Waals surface area contributed by atoms with Crippen LogP contribution >= 0.6 is 11.8 Å². The van der Waals surface area contributed by atoms with Crippen molar-refractivity contribution in [3.05, 3.63) is 36.4 Å². The van der Waals surface area contributed by atoms with Gasteiger partial charge >= 0.3 is 0 Å². The fraction of sp³-hybridized carbons (Fsp3) is 0.444. The fourth-order valence-corrected chi connectivity index (χ4v) is 6.04. The summed E-state index contributed by atoms with van der Waals surface area (Å²) in [6.07, 6.45) is 3.85. The molecular formula is C18H22N2O2S2. The van der Waals surface area contributed by atoms with Gasteiger partial charge in [-0.3, -0.25) is 0 Å². The summed E-state index contributed by atoms with van der Waals surface area (Å²) in [4.78, 5) is 0.190. The average Bonchev–Trinajstić information content (AvgIpc) is 3.23. The molecule has 1 saturated carbocycles. The molecule has 1 saturated heterocycles. The van der Waals surface area contributed by atoms with Gasteiger partial charge in [0, 0.05) is 11.9 Å². The molecule has 1 unspecified atom stereocenters. The summed E-state index contributed by atoms with van der Waals surface area (Å²) in [5, 5.41) is 10.8. The lowest BCUT2D eigenvalue weighted by atomic mass is 9.96. The lowest BCUT2D eigenvalue weighted by molar-refractivity contribution is 0.426. The van der Waals surface area contributed by atoms with Crippen molar-refractivity contribution >= 4 is 38.2 Å². The van der Waals surface area contributed by atoms with E-state index in [4.69, 9.17) is 5.14 Å². The average molecular weight is 363 g/mol. The van der Waals surface area contributed by atoms with E-state index in [9.17, 15) is 8.42 Å². The molecule has 1 spiro atoms. The first-order valence-corrected chi connectivity index (χ1v) is 11.1. The summed E-state index contributed by atoms with van der Waals surface area (Å²) in [5.74, 6) is 3.16. The van der Waals surface area contributed by atoms with Gasteiger partial charge in [0.05, 0.1) is 5.69 Å².